The Morgan fingerprint density at radius 2 is 1.72 bits per heavy atom. The van der Waals surface area contributed by atoms with Gasteiger partial charge >= 0.3 is 6.09 Å². The van der Waals surface area contributed by atoms with Gasteiger partial charge in [0.1, 0.15) is 6.61 Å². The van der Waals surface area contributed by atoms with Gasteiger partial charge in [0.15, 0.2) is 17.8 Å². The zero-order chi connectivity index (χ0) is 22.5. The summed E-state index contributed by atoms with van der Waals surface area (Å²) >= 11 is 0. The van der Waals surface area contributed by atoms with Gasteiger partial charge in [-0.25, -0.2) is 4.79 Å². The number of ether oxygens (including phenoxy) is 2. The second-order valence-corrected chi connectivity index (χ2v) is 7.18. The number of carbonyl (C=O) groups is 2. The summed E-state index contributed by atoms with van der Waals surface area (Å²) in [6.45, 7) is 0.247. The molecule has 0 radical (unpaired) electrons. The Labute approximate surface area is 185 Å². The second-order valence-electron chi connectivity index (χ2n) is 7.18. The third-order valence-corrected chi connectivity index (χ3v) is 5.41. The van der Waals surface area contributed by atoms with Crippen LogP contribution in [0.5, 0.6) is 11.5 Å². The number of phenolic OH excluding ortho intramolecular Hbond substituents is 1. The number of carbonyl (C=O) groups excluding carboxylic acids is 2. The highest BCUT2D eigenvalue weighted by molar-refractivity contribution is 5.85. The molecule has 1 aliphatic carbocycles. The Balaban J connectivity index is 1.37. The standard InChI is InChI=1S/C26H21NO5/c1-31-24-13-12-17(22(15-28)25(24)29)7-6-14-27-26(30)32-16-23-20-10-4-2-8-18(20)19-9-3-5-11-21(19)23/h2-5,8-13,15,23,29H,14,16H2,1H3,(H,27,30). The number of aromatic hydroxyl groups is 1. The molecule has 1 aliphatic rings. The highest BCUT2D eigenvalue weighted by Crippen LogP contribution is 2.44. The third-order valence-electron chi connectivity index (χ3n) is 5.41. The first kappa shape index (κ1) is 21.0. The van der Waals surface area contributed by atoms with Crippen LogP contribution in [-0.4, -0.2) is 37.7 Å². The van der Waals surface area contributed by atoms with Crippen molar-refractivity contribution in [2.75, 3.05) is 20.3 Å². The van der Waals surface area contributed by atoms with Crippen molar-refractivity contribution in [2.24, 2.45) is 0 Å². The zero-order valence-corrected chi connectivity index (χ0v) is 17.4. The van der Waals surface area contributed by atoms with Crippen molar-refractivity contribution in [3.8, 4) is 34.5 Å². The summed E-state index contributed by atoms with van der Waals surface area (Å²) in [5.41, 5.74) is 4.99. The van der Waals surface area contributed by atoms with E-state index in [9.17, 15) is 14.7 Å². The monoisotopic (exact) mass is 427 g/mol. The maximum atomic E-state index is 12.2. The predicted octanol–water partition coefficient (Wildman–Crippen LogP) is 4.10. The van der Waals surface area contributed by atoms with E-state index in [1.54, 1.807) is 6.07 Å². The molecule has 0 saturated carbocycles. The van der Waals surface area contributed by atoms with Crippen molar-refractivity contribution >= 4 is 12.4 Å². The normalized spacial score (nSPS) is 11.5. The topological polar surface area (TPSA) is 84.9 Å². The zero-order valence-electron chi connectivity index (χ0n) is 17.4. The van der Waals surface area contributed by atoms with E-state index in [0.29, 0.717) is 11.8 Å². The number of nitrogens with one attached hydrogen (secondary N) is 1. The first-order valence-corrected chi connectivity index (χ1v) is 10.1. The van der Waals surface area contributed by atoms with Crippen LogP contribution in [0.15, 0.2) is 60.7 Å². The number of phenols is 1. The Bertz CT molecular complexity index is 1190. The number of hydrogen-bond donors (Lipinski definition) is 2. The van der Waals surface area contributed by atoms with Crippen molar-refractivity contribution in [1.82, 2.24) is 5.32 Å². The van der Waals surface area contributed by atoms with Gasteiger partial charge in [-0.2, -0.15) is 0 Å². The van der Waals surface area contributed by atoms with Gasteiger partial charge in [0, 0.05) is 11.5 Å². The lowest BCUT2D eigenvalue weighted by atomic mass is 9.98. The largest absolute Gasteiger partial charge is 0.504 e. The average Bonchev–Trinajstić information content (AvgIpc) is 3.14. The molecule has 3 aromatic rings. The van der Waals surface area contributed by atoms with E-state index in [2.05, 4.69) is 41.4 Å². The lowest BCUT2D eigenvalue weighted by Crippen LogP contribution is -2.26. The predicted molar refractivity (Wildman–Crippen MR) is 120 cm³/mol. The summed E-state index contributed by atoms with van der Waals surface area (Å²) in [4.78, 5) is 23.5. The number of fused-ring (bicyclic) bond motifs is 3. The minimum absolute atomic E-state index is 0.0170. The fraction of sp³-hybridized carbons (Fsp3) is 0.154. The molecule has 2 N–H and O–H groups in total. The Morgan fingerprint density at radius 1 is 1.06 bits per heavy atom. The van der Waals surface area contributed by atoms with Crippen LogP contribution in [-0.2, 0) is 4.74 Å². The molecule has 1 amide bonds. The molecular formula is C26H21NO5. The number of alkyl carbamates (subject to hydrolysis) is 1. The van der Waals surface area contributed by atoms with Crippen molar-refractivity contribution in [1.29, 1.82) is 0 Å². The molecule has 0 fully saturated rings. The summed E-state index contributed by atoms with van der Waals surface area (Å²) in [6, 6.07) is 19.3. The Kier molecular flexibility index (Phi) is 6.09. The molecule has 0 saturated heterocycles. The molecule has 32 heavy (non-hydrogen) atoms. The molecule has 0 spiro atoms. The molecule has 0 aromatic heterocycles. The van der Waals surface area contributed by atoms with Gasteiger partial charge in [-0.15, -0.1) is 0 Å². The molecule has 0 aliphatic heterocycles. The van der Waals surface area contributed by atoms with Crippen molar-refractivity contribution in [3.63, 3.8) is 0 Å². The van der Waals surface area contributed by atoms with E-state index < -0.39 is 6.09 Å². The summed E-state index contributed by atoms with van der Waals surface area (Å²) in [7, 11) is 1.40. The van der Waals surface area contributed by atoms with Crippen LogP contribution in [0, 0.1) is 11.8 Å². The fourth-order valence-corrected chi connectivity index (χ4v) is 3.89. The van der Waals surface area contributed by atoms with E-state index in [1.807, 2.05) is 24.3 Å². The average molecular weight is 427 g/mol. The van der Waals surface area contributed by atoms with Crippen LogP contribution in [0.2, 0.25) is 0 Å². The maximum absolute atomic E-state index is 12.2. The summed E-state index contributed by atoms with van der Waals surface area (Å²) < 4.78 is 10.4. The lowest BCUT2D eigenvalue weighted by Gasteiger charge is -2.14. The van der Waals surface area contributed by atoms with Crippen LogP contribution in [0.4, 0.5) is 4.79 Å². The quantitative estimate of drug-likeness (QED) is 0.473. The number of hydrogen-bond acceptors (Lipinski definition) is 5. The molecule has 0 unspecified atom stereocenters. The molecular weight excluding hydrogens is 406 g/mol. The third kappa shape index (κ3) is 4.01. The van der Waals surface area contributed by atoms with E-state index in [1.165, 1.54) is 13.2 Å². The van der Waals surface area contributed by atoms with Crippen LogP contribution in [0.3, 0.4) is 0 Å². The van der Waals surface area contributed by atoms with Crippen molar-refractivity contribution in [3.05, 3.63) is 82.9 Å². The van der Waals surface area contributed by atoms with Gasteiger partial charge in [-0.05, 0) is 34.4 Å². The number of rotatable bonds is 5. The van der Waals surface area contributed by atoms with Gasteiger partial charge in [-0.3, -0.25) is 4.79 Å². The molecule has 6 nitrogen and oxygen atoms in total. The Hall–Kier alpha value is -4.24. The molecule has 6 heteroatoms. The van der Waals surface area contributed by atoms with Crippen molar-refractivity contribution in [2.45, 2.75) is 5.92 Å². The van der Waals surface area contributed by atoms with Crippen LogP contribution < -0.4 is 10.1 Å². The molecule has 4 rings (SSSR count). The smallest absolute Gasteiger partial charge is 0.407 e. The number of benzene rings is 3. The van der Waals surface area contributed by atoms with Crippen LogP contribution in [0.25, 0.3) is 11.1 Å². The second kappa shape index (κ2) is 9.27. The van der Waals surface area contributed by atoms with Gasteiger partial charge < -0.3 is 19.9 Å². The Morgan fingerprint density at radius 3 is 2.34 bits per heavy atom. The van der Waals surface area contributed by atoms with Crippen LogP contribution >= 0.6 is 0 Å². The van der Waals surface area contributed by atoms with Gasteiger partial charge in [0.05, 0.1) is 19.2 Å². The van der Waals surface area contributed by atoms with Gasteiger partial charge in [0.2, 0.25) is 0 Å². The number of amides is 1. The molecule has 3 aromatic carbocycles. The highest BCUT2D eigenvalue weighted by Gasteiger charge is 2.28. The van der Waals surface area contributed by atoms with E-state index >= 15 is 0 Å². The minimum atomic E-state index is -0.575. The number of aldehydes is 1. The number of methoxy groups -OCH3 is 1. The highest BCUT2D eigenvalue weighted by atomic mass is 16.5. The van der Waals surface area contributed by atoms with Crippen LogP contribution in [0.1, 0.15) is 33.0 Å². The van der Waals surface area contributed by atoms with E-state index in [0.717, 1.165) is 22.3 Å². The van der Waals surface area contributed by atoms with Crippen molar-refractivity contribution < 1.29 is 24.2 Å². The fourth-order valence-electron chi connectivity index (χ4n) is 3.89. The SMILES string of the molecule is COc1ccc(C#CCNC(=O)OCC2c3ccccc3-c3ccccc32)c(C=O)c1O. The molecule has 0 bridgehead atoms. The minimum Gasteiger partial charge on any atom is -0.504 e. The van der Waals surface area contributed by atoms with Gasteiger partial charge in [-0.1, -0.05) is 60.4 Å². The summed E-state index contributed by atoms with van der Waals surface area (Å²) in [5, 5.41) is 12.6. The van der Waals surface area contributed by atoms with Gasteiger partial charge in [0.25, 0.3) is 0 Å². The maximum Gasteiger partial charge on any atom is 0.407 e. The molecule has 0 atom stereocenters. The first-order chi connectivity index (χ1) is 15.6. The summed E-state index contributed by atoms with van der Waals surface area (Å²) in [6.07, 6.45) is -0.0600. The summed E-state index contributed by atoms with van der Waals surface area (Å²) in [5.74, 6) is 5.43. The molecule has 160 valence electrons. The lowest BCUT2D eigenvalue weighted by molar-refractivity contribution is 0.112. The van der Waals surface area contributed by atoms with E-state index in [-0.39, 0.29) is 36.1 Å². The first-order valence-electron chi connectivity index (χ1n) is 10.1. The van der Waals surface area contributed by atoms with E-state index in [4.69, 9.17) is 9.47 Å². The molecule has 0 heterocycles.